The summed E-state index contributed by atoms with van der Waals surface area (Å²) in [6.07, 6.45) is 7.97. The van der Waals surface area contributed by atoms with Crippen LogP contribution in [0.15, 0.2) is 0 Å². The predicted molar refractivity (Wildman–Crippen MR) is 82.5 cm³/mol. The van der Waals surface area contributed by atoms with E-state index in [-0.39, 0.29) is 5.91 Å². The van der Waals surface area contributed by atoms with Gasteiger partial charge in [-0.1, -0.05) is 13.3 Å². The first-order valence-corrected chi connectivity index (χ1v) is 8.94. The Hall–Kier alpha value is -0.220. The summed E-state index contributed by atoms with van der Waals surface area (Å²) >= 11 is 2.06. The van der Waals surface area contributed by atoms with E-state index in [4.69, 9.17) is 0 Å². The van der Waals surface area contributed by atoms with Gasteiger partial charge in [-0.05, 0) is 56.9 Å². The van der Waals surface area contributed by atoms with E-state index in [0.29, 0.717) is 12.5 Å². The van der Waals surface area contributed by atoms with Gasteiger partial charge in [0.25, 0.3) is 0 Å². The molecular formula is C15H28N2OS. The van der Waals surface area contributed by atoms with Crippen molar-refractivity contribution in [2.75, 3.05) is 18.8 Å². The van der Waals surface area contributed by atoms with Crippen molar-refractivity contribution in [3.8, 4) is 0 Å². The molecule has 1 heterocycles. The molecule has 2 aliphatic rings. The van der Waals surface area contributed by atoms with Crippen molar-refractivity contribution in [1.82, 2.24) is 10.6 Å². The lowest BCUT2D eigenvalue weighted by Crippen LogP contribution is -2.39. The number of rotatable bonds is 6. The van der Waals surface area contributed by atoms with Crippen LogP contribution in [-0.4, -0.2) is 36.0 Å². The van der Waals surface area contributed by atoms with E-state index in [9.17, 15) is 4.79 Å². The Bertz CT molecular complexity index is 277. The highest BCUT2D eigenvalue weighted by molar-refractivity contribution is 7.99. The number of carbonyl (C=O) groups excluding carboxylic acids is 1. The van der Waals surface area contributed by atoms with Crippen LogP contribution in [0.25, 0.3) is 0 Å². The second kappa shape index (κ2) is 8.15. The Morgan fingerprint density at radius 3 is 3.00 bits per heavy atom. The van der Waals surface area contributed by atoms with Gasteiger partial charge < -0.3 is 10.6 Å². The Kier molecular flexibility index (Phi) is 6.51. The van der Waals surface area contributed by atoms with Crippen molar-refractivity contribution < 1.29 is 4.79 Å². The van der Waals surface area contributed by atoms with Crippen molar-refractivity contribution in [3.63, 3.8) is 0 Å². The molecule has 0 radical (unpaired) electrons. The van der Waals surface area contributed by atoms with Gasteiger partial charge in [0.15, 0.2) is 0 Å². The molecule has 4 heteroatoms. The summed E-state index contributed by atoms with van der Waals surface area (Å²) in [7, 11) is 0. The van der Waals surface area contributed by atoms with Crippen LogP contribution in [0.4, 0.5) is 0 Å². The molecule has 0 aromatic rings. The molecule has 2 fully saturated rings. The average Bonchev–Trinajstić information content (AvgIpc) is 2.90. The predicted octanol–water partition coefficient (Wildman–Crippen LogP) is 2.56. The third-order valence-electron chi connectivity index (χ3n) is 4.34. The highest BCUT2D eigenvalue weighted by Crippen LogP contribution is 2.28. The molecule has 1 amide bonds. The Morgan fingerprint density at radius 2 is 2.26 bits per heavy atom. The van der Waals surface area contributed by atoms with Crippen LogP contribution in [0, 0.1) is 5.92 Å². The van der Waals surface area contributed by atoms with Gasteiger partial charge in [0.1, 0.15) is 0 Å². The molecule has 2 N–H and O–H groups in total. The summed E-state index contributed by atoms with van der Waals surface area (Å²) < 4.78 is 0. The molecule has 1 aliphatic carbocycles. The number of nitrogens with one attached hydrogen (secondary N) is 2. The highest BCUT2D eigenvalue weighted by Gasteiger charge is 2.23. The lowest BCUT2D eigenvalue weighted by atomic mass is 9.94. The summed E-state index contributed by atoms with van der Waals surface area (Å²) in [5.41, 5.74) is 0. The maximum atomic E-state index is 12.0. The molecule has 3 atom stereocenters. The molecule has 1 saturated heterocycles. The first-order chi connectivity index (χ1) is 9.28. The second-order valence-electron chi connectivity index (χ2n) is 5.91. The zero-order valence-electron chi connectivity index (χ0n) is 12.1. The molecule has 0 bridgehead atoms. The Morgan fingerprint density at radius 1 is 1.37 bits per heavy atom. The molecule has 2 rings (SSSR count). The molecule has 19 heavy (non-hydrogen) atoms. The molecule has 3 nitrogen and oxygen atoms in total. The monoisotopic (exact) mass is 284 g/mol. The first kappa shape index (κ1) is 15.2. The zero-order valence-corrected chi connectivity index (χ0v) is 12.9. The molecule has 1 aliphatic heterocycles. The second-order valence-corrected chi connectivity index (χ2v) is 7.48. The maximum Gasteiger partial charge on any atom is 0.220 e. The smallest absolute Gasteiger partial charge is 0.220 e. The largest absolute Gasteiger partial charge is 0.353 e. The molecule has 0 aromatic carbocycles. The van der Waals surface area contributed by atoms with Crippen molar-refractivity contribution in [2.45, 2.75) is 63.2 Å². The summed E-state index contributed by atoms with van der Waals surface area (Å²) in [5, 5.41) is 7.39. The molecule has 1 saturated carbocycles. The van der Waals surface area contributed by atoms with Crippen molar-refractivity contribution >= 4 is 17.7 Å². The van der Waals surface area contributed by atoms with E-state index >= 15 is 0 Å². The molecule has 0 aromatic heterocycles. The number of hydrogen-bond donors (Lipinski definition) is 2. The van der Waals surface area contributed by atoms with Gasteiger partial charge in [-0.25, -0.2) is 0 Å². The van der Waals surface area contributed by atoms with Gasteiger partial charge in [-0.15, -0.1) is 0 Å². The van der Waals surface area contributed by atoms with Crippen molar-refractivity contribution in [1.29, 1.82) is 0 Å². The minimum absolute atomic E-state index is 0.277. The number of amides is 1. The summed E-state index contributed by atoms with van der Waals surface area (Å²) in [6.45, 7) is 4.46. The van der Waals surface area contributed by atoms with E-state index in [0.717, 1.165) is 30.7 Å². The first-order valence-electron chi connectivity index (χ1n) is 7.89. The number of carbonyl (C=O) groups is 1. The lowest BCUT2D eigenvalue weighted by Gasteiger charge is -2.29. The molecule has 3 unspecified atom stereocenters. The van der Waals surface area contributed by atoms with Crippen LogP contribution in [0.1, 0.15) is 51.9 Å². The topological polar surface area (TPSA) is 41.1 Å². The van der Waals surface area contributed by atoms with Crippen LogP contribution in [0.2, 0.25) is 0 Å². The average molecular weight is 284 g/mol. The molecular weight excluding hydrogens is 256 g/mol. The highest BCUT2D eigenvalue weighted by atomic mass is 32.2. The number of thioether (sulfide) groups is 1. The fraction of sp³-hybridized carbons (Fsp3) is 0.933. The van der Waals surface area contributed by atoms with Gasteiger partial charge >= 0.3 is 0 Å². The van der Waals surface area contributed by atoms with Crippen molar-refractivity contribution in [3.05, 3.63) is 0 Å². The zero-order chi connectivity index (χ0) is 13.5. The minimum Gasteiger partial charge on any atom is -0.353 e. The fourth-order valence-corrected chi connectivity index (χ4v) is 4.43. The van der Waals surface area contributed by atoms with Gasteiger partial charge in [0.05, 0.1) is 0 Å². The van der Waals surface area contributed by atoms with Crippen LogP contribution in [0.5, 0.6) is 0 Å². The fourth-order valence-electron chi connectivity index (χ4n) is 3.26. The quantitative estimate of drug-likeness (QED) is 0.787. The lowest BCUT2D eigenvalue weighted by molar-refractivity contribution is -0.122. The van der Waals surface area contributed by atoms with Gasteiger partial charge in [0.2, 0.25) is 5.91 Å². The third kappa shape index (κ3) is 5.35. The van der Waals surface area contributed by atoms with Crippen molar-refractivity contribution in [2.24, 2.45) is 5.92 Å². The van der Waals surface area contributed by atoms with E-state index in [1.165, 1.54) is 37.9 Å². The number of hydrogen-bond acceptors (Lipinski definition) is 3. The van der Waals surface area contributed by atoms with Crippen LogP contribution < -0.4 is 10.6 Å². The van der Waals surface area contributed by atoms with Gasteiger partial charge in [-0.3, -0.25) is 4.79 Å². The SMILES string of the molecule is CCSC1CCCC(NC(=O)CCC2CCNC2)C1. The van der Waals surface area contributed by atoms with Gasteiger partial charge in [0, 0.05) is 17.7 Å². The normalized spacial score (nSPS) is 31.3. The Balaban J connectivity index is 1.63. The van der Waals surface area contributed by atoms with E-state index in [1.807, 2.05) is 0 Å². The molecule has 110 valence electrons. The standard InChI is InChI=1S/C15H28N2OS/c1-2-19-14-5-3-4-13(10-14)17-15(18)7-6-12-8-9-16-11-12/h12-14,16H,2-11H2,1H3,(H,17,18). The van der Waals surface area contributed by atoms with E-state index in [1.54, 1.807) is 0 Å². The Labute approximate surface area is 121 Å². The summed E-state index contributed by atoms with van der Waals surface area (Å²) in [4.78, 5) is 12.0. The molecule has 0 spiro atoms. The minimum atomic E-state index is 0.277. The van der Waals surface area contributed by atoms with Crippen LogP contribution in [-0.2, 0) is 4.79 Å². The van der Waals surface area contributed by atoms with E-state index < -0.39 is 0 Å². The maximum absolute atomic E-state index is 12.0. The van der Waals surface area contributed by atoms with E-state index in [2.05, 4.69) is 29.3 Å². The third-order valence-corrected chi connectivity index (χ3v) is 5.57. The van der Waals surface area contributed by atoms with Crippen LogP contribution in [0.3, 0.4) is 0 Å². The summed E-state index contributed by atoms with van der Waals surface area (Å²) in [6, 6.07) is 0.437. The summed E-state index contributed by atoms with van der Waals surface area (Å²) in [5.74, 6) is 2.19. The van der Waals surface area contributed by atoms with Crippen LogP contribution >= 0.6 is 11.8 Å². The van der Waals surface area contributed by atoms with Gasteiger partial charge in [-0.2, -0.15) is 11.8 Å².